The van der Waals surface area contributed by atoms with Crippen LogP contribution in [0.3, 0.4) is 0 Å². The average molecular weight is 317 g/mol. The first-order valence-electron chi connectivity index (χ1n) is 8.68. The van der Waals surface area contributed by atoms with Gasteiger partial charge in [-0.15, -0.1) is 5.10 Å². The van der Waals surface area contributed by atoms with Gasteiger partial charge in [-0.05, 0) is 32.1 Å². The van der Waals surface area contributed by atoms with E-state index >= 15 is 0 Å². The fraction of sp³-hybridized carbons (Fsp3) is 0.750. The molecule has 7 heteroatoms. The van der Waals surface area contributed by atoms with Gasteiger partial charge >= 0.3 is 0 Å². The van der Waals surface area contributed by atoms with Crippen molar-refractivity contribution >= 4 is 11.8 Å². The Morgan fingerprint density at radius 3 is 2.83 bits per heavy atom. The lowest BCUT2D eigenvalue weighted by Crippen LogP contribution is -2.44. The van der Waals surface area contributed by atoms with Crippen molar-refractivity contribution in [1.29, 1.82) is 0 Å². The molecule has 2 amide bonds. The highest BCUT2D eigenvalue weighted by atomic mass is 16.2. The molecule has 2 saturated heterocycles. The van der Waals surface area contributed by atoms with Crippen LogP contribution in [-0.2, 0) is 16.1 Å². The van der Waals surface area contributed by atoms with Gasteiger partial charge in [0.05, 0.1) is 24.8 Å². The zero-order valence-electron chi connectivity index (χ0n) is 13.4. The maximum atomic E-state index is 12.6. The van der Waals surface area contributed by atoms with Crippen LogP contribution < -0.4 is 0 Å². The first-order chi connectivity index (χ1) is 11.2. The predicted molar refractivity (Wildman–Crippen MR) is 82.5 cm³/mol. The largest absolute Gasteiger partial charge is 0.336 e. The molecule has 7 nitrogen and oxygen atoms in total. The van der Waals surface area contributed by atoms with E-state index in [1.165, 1.54) is 12.8 Å². The fourth-order valence-corrected chi connectivity index (χ4v) is 3.66. The molecule has 2 aliphatic heterocycles. The highest BCUT2D eigenvalue weighted by Crippen LogP contribution is 2.38. The number of aromatic nitrogens is 3. The van der Waals surface area contributed by atoms with Crippen LogP contribution >= 0.6 is 0 Å². The zero-order valence-corrected chi connectivity index (χ0v) is 13.4. The van der Waals surface area contributed by atoms with Crippen molar-refractivity contribution in [2.45, 2.75) is 57.0 Å². The van der Waals surface area contributed by atoms with Crippen LogP contribution in [-0.4, -0.2) is 62.3 Å². The first kappa shape index (κ1) is 14.7. The van der Waals surface area contributed by atoms with Gasteiger partial charge in [0.1, 0.15) is 0 Å². The summed E-state index contributed by atoms with van der Waals surface area (Å²) in [7, 11) is 0. The molecule has 3 aliphatic rings. The molecule has 0 N–H and O–H groups in total. The summed E-state index contributed by atoms with van der Waals surface area (Å²) in [6, 6.07) is 0.175. The van der Waals surface area contributed by atoms with E-state index in [0.717, 1.165) is 38.0 Å². The summed E-state index contributed by atoms with van der Waals surface area (Å²) in [6.45, 7) is 2.45. The van der Waals surface area contributed by atoms with E-state index in [1.807, 2.05) is 15.8 Å². The quantitative estimate of drug-likeness (QED) is 0.804. The van der Waals surface area contributed by atoms with Crippen LogP contribution in [0.4, 0.5) is 0 Å². The molecule has 1 atom stereocenters. The lowest BCUT2D eigenvalue weighted by atomic mass is 10.2. The molecule has 0 unspecified atom stereocenters. The second-order valence-corrected chi connectivity index (χ2v) is 6.94. The van der Waals surface area contributed by atoms with Crippen molar-refractivity contribution in [1.82, 2.24) is 24.8 Å². The van der Waals surface area contributed by atoms with Gasteiger partial charge in [-0.25, -0.2) is 0 Å². The minimum absolute atomic E-state index is 0.0743. The number of hydrogen-bond donors (Lipinski definition) is 0. The molecule has 0 aromatic carbocycles. The minimum atomic E-state index is 0.0743. The minimum Gasteiger partial charge on any atom is -0.336 e. The lowest BCUT2D eigenvalue weighted by molar-refractivity contribution is -0.139. The van der Waals surface area contributed by atoms with Crippen molar-refractivity contribution < 1.29 is 9.59 Å². The predicted octanol–water partition coefficient (Wildman–Crippen LogP) is 0.769. The number of nitrogens with zero attached hydrogens (tertiary/aromatic N) is 5. The average Bonchev–Trinajstić information content (AvgIpc) is 2.93. The Labute approximate surface area is 135 Å². The molecule has 4 rings (SSSR count). The third kappa shape index (κ3) is 3.09. The SMILES string of the molecule is O=C1CCCN1CC(=O)N1CCC[C@H]1Cn1cc(C2CC2)nn1. The Hall–Kier alpha value is -1.92. The van der Waals surface area contributed by atoms with Crippen molar-refractivity contribution in [3.8, 4) is 0 Å². The molecule has 3 heterocycles. The Morgan fingerprint density at radius 1 is 1.22 bits per heavy atom. The van der Waals surface area contributed by atoms with E-state index in [0.29, 0.717) is 18.9 Å². The second-order valence-electron chi connectivity index (χ2n) is 6.94. The van der Waals surface area contributed by atoms with Crippen LogP contribution in [0.5, 0.6) is 0 Å². The van der Waals surface area contributed by atoms with Crippen LogP contribution in [0.25, 0.3) is 0 Å². The summed E-state index contributed by atoms with van der Waals surface area (Å²) in [5, 5.41) is 8.45. The standard InChI is InChI=1S/C16H23N5O2/c22-15-4-2-7-19(15)11-16(23)21-8-1-3-13(21)9-20-10-14(17-18-20)12-5-6-12/h10,12-13H,1-9,11H2/t13-/m0/s1. The van der Waals surface area contributed by atoms with E-state index in [4.69, 9.17) is 0 Å². The van der Waals surface area contributed by atoms with Gasteiger partial charge in [-0.1, -0.05) is 5.21 Å². The molecular formula is C16H23N5O2. The first-order valence-corrected chi connectivity index (χ1v) is 8.68. The molecule has 3 fully saturated rings. The molecule has 0 bridgehead atoms. The zero-order chi connectivity index (χ0) is 15.8. The molecule has 1 aromatic rings. The van der Waals surface area contributed by atoms with Gasteiger partial charge in [0.25, 0.3) is 0 Å². The summed E-state index contributed by atoms with van der Waals surface area (Å²) in [5.74, 6) is 0.788. The third-order valence-corrected chi connectivity index (χ3v) is 5.14. The smallest absolute Gasteiger partial charge is 0.242 e. The van der Waals surface area contributed by atoms with Crippen molar-refractivity contribution in [2.75, 3.05) is 19.6 Å². The number of hydrogen-bond acceptors (Lipinski definition) is 4. The highest BCUT2D eigenvalue weighted by molar-refractivity contribution is 5.86. The summed E-state index contributed by atoms with van der Waals surface area (Å²) in [4.78, 5) is 27.9. The van der Waals surface area contributed by atoms with E-state index in [-0.39, 0.29) is 24.4 Å². The van der Waals surface area contributed by atoms with Crippen molar-refractivity contribution in [2.24, 2.45) is 0 Å². The van der Waals surface area contributed by atoms with Gasteiger partial charge in [0.2, 0.25) is 11.8 Å². The van der Waals surface area contributed by atoms with E-state index in [9.17, 15) is 9.59 Å². The Balaban J connectivity index is 1.37. The third-order valence-electron chi connectivity index (χ3n) is 5.14. The molecule has 1 aromatic heterocycles. The van der Waals surface area contributed by atoms with Gasteiger partial charge in [-0.3, -0.25) is 14.3 Å². The van der Waals surface area contributed by atoms with Crippen LogP contribution in [0.15, 0.2) is 6.20 Å². The normalized spacial score (nSPS) is 24.7. The summed E-state index contributed by atoms with van der Waals surface area (Å²) >= 11 is 0. The second kappa shape index (κ2) is 5.94. The molecule has 1 aliphatic carbocycles. The van der Waals surface area contributed by atoms with Gasteiger partial charge < -0.3 is 9.80 Å². The molecule has 124 valence electrons. The number of amides is 2. The van der Waals surface area contributed by atoms with E-state index in [1.54, 1.807) is 4.90 Å². The van der Waals surface area contributed by atoms with Crippen LogP contribution in [0, 0.1) is 0 Å². The summed E-state index contributed by atoms with van der Waals surface area (Å²) < 4.78 is 1.88. The van der Waals surface area contributed by atoms with Crippen LogP contribution in [0.2, 0.25) is 0 Å². The monoisotopic (exact) mass is 317 g/mol. The van der Waals surface area contributed by atoms with E-state index in [2.05, 4.69) is 10.3 Å². The van der Waals surface area contributed by atoms with E-state index < -0.39 is 0 Å². The fourth-order valence-electron chi connectivity index (χ4n) is 3.66. The topological polar surface area (TPSA) is 71.3 Å². The molecule has 1 saturated carbocycles. The number of likely N-dealkylation sites (tertiary alicyclic amines) is 2. The molecule has 0 spiro atoms. The maximum Gasteiger partial charge on any atom is 0.242 e. The molecule has 23 heavy (non-hydrogen) atoms. The number of rotatable bonds is 5. The van der Waals surface area contributed by atoms with Crippen LogP contribution in [0.1, 0.15) is 50.1 Å². The summed E-state index contributed by atoms with van der Waals surface area (Å²) in [5.41, 5.74) is 1.09. The Kier molecular flexibility index (Phi) is 3.79. The van der Waals surface area contributed by atoms with Gasteiger partial charge in [0, 0.05) is 31.6 Å². The Bertz CT molecular complexity index is 609. The van der Waals surface area contributed by atoms with Gasteiger partial charge in [0.15, 0.2) is 0 Å². The highest BCUT2D eigenvalue weighted by Gasteiger charge is 2.32. The molecular weight excluding hydrogens is 294 g/mol. The molecule has 0 radical (unpaired) electrons. The lowest BCUT2D eigenvalue weighted by Gasteiger charge is -2.26. The van der Waals surface area contributed by atoms with Gasteiger partial charge in [-0.2, -0.15) is 0 Å². The number of carbonyl (C=O) groups excluding carboxylic acids is 2. The maximum absolute atomic E-state index is 12.6. The number of carbonyl (C=O) groups is 2. The van der Waals surface area contributed by atoms with Crippen molar-refractivity contribution in [3.63, 3.8) is 0 Å². The van der Waals surface area contributed by atoms with Crippen molar-refractivity contribution in [3.05, 3.63) is 11.9 Å². The Morgan fingerprint density at radius 2 is 2.09 bits per heavy atom. The summed E-state index contributed by atoms with van der Waals surface area (Å²) in [6.07, 6.45) is 7.95.